The van der Waals surface area contributed by atoms with Gasteiger partial charge in [-0.2, -0.15) is 8.78 Å². The zero-order chi connectivity index (χ0) is 14.7. The van der Waals surface area contributed by atoms with E-state index < -0.39 is 12.6 Å². The number of pyridine rings is 1. The van der Waals surface area contributed by atoms with E-state index in [1.165, 1.54) is 18.3 Å². The summed E-state index contributed by atoms with van der Waals surface area (Å²) in [6.45, 7) is -3.04. The second kappa shape index (κ2) is 5.96. The van der Waals surface area contributed by atoms with Crippen molar-refractivity contribution in [1.82, 2.24) is 4.98 Å². The van der Waals surface area contributed by atoms with Gasteiger partial charge in [-0.3, -0.25) is 0 Å². The van der Waals surface area contributed by atoms with Crippen molar-refractivity contribution in [2.75, 3.05) is 0 Å². The summed E-state index contributed by atoms with van der Waals surface area (Å²) in [4.78, 5) is 14.9. The number of ether oxygens (including phenoxy) is 1. The van der Waals surface area contributed by atoms with Crippen molar-refractivity contribution in [1.29, 1.82) is 0 Å². The SMILES string of the molecule is O=C(O)c1ccc(-c2ccc(Br)nc2)c(OC(F)F)c1. The number of benzene rings is 1. The number of halogens is 3. The summed E-state index contributed by atoms with van der Waals surface area (Å²) in [5.74, 6) is -1.42. The number of hydrogen-bond acceptors (Lipinski definition) is 3. The van der Waals surface area contributed by atoms with Crippen molar-refractivity contribution >= 4 is 21.9 Å². The average molecular weight is 344 g/mol. The molecule has 0 aliphatic carbocycles. The number of carboxylic acids is 1. The van der Waals surface area contributed by atoms with Crippen LogP contribution in [-0.2, 0) is 0 Å². The molecule has 2 aromatic rings. The first-order chi connectivity index (χ1) is 9.47. The first-order valence-corrected chi connectivity index (χ1v) is 6.21. The Balaban J connectivity index is 2.50. The zero-order valence-electron chi connectivity index (χ0n) is 9.89. The molecule has 1 heterocycles. The van der Waals surface area contributed by atoms with Gasteiger partial charge >= 0.3 is 12.6 Å². The van der Waals surface area contributed by atoms with Gasteiger partial charge in [0.1, 0.15) is 10.4 Å². The third-order valence-electron chi connectivity index (χ3n) is 2.48. The number of nitrogens with zero attached hydrogens (tertiary/aromatic N) is 1. The number of aromatic carboxylic acids is 1. The molecule has 20 heavy (non-hydrogen) atoms. The van der Waals surface area contributed by atoms with Crippen LogP contribution in [0.15, 0.2) is 41.1 Å². The molecule has 104 valence electrons. The quantitative estimate of drug-likeness (QED) is 0.857. The van der Waals surface area contributed by atoms with Crippen LogP contribution in [0.3, 0.4) is 0 Å². The predicted molar refractivity (Wildman–Crippen MR) is 71.0 cm³/mol. The Kier molecular flexibility index (Phi) is 4.29. The van der Waals surface area contributed by atoms with E-state index in [4.69, 9.17) is 5.11 Å². The molecule has 1 aromatic carbocycles. The monoisotopic (exact) mass is 343 g/mol. The molecule has 1 N–H and O–H groups in total. The first-order valence-electron chi connectivity index (χ1n) is 5.41. The molecular formula is C13H8BrF2NO3. The molecule has 2 rings (SSSR count). The fraction of sp³-hybridized carbons (Fsp3) is 0.0769. The largest absolute Gasteiger partial charge is 0.478 e. The van der Waals surface area contributed by atoms with E-state index in [1.54, 1.807) is 12.1 Å². The van der Waals surface area contributed by atoms with Gasteiger partial charge in [-0.1, -0.05) is 6.07 Å². The molecule has 0 aliphatic rings. The van der Waals surface area contributed by atoms with Crippen LogP contribution in [0, 0.1) is 0 Å². The summed E-state index contributed by atoms with van der Waals surface area (Å²) >= 11 is 3.17. The van der Waals surface area contributed by atoms with Crippen LogP contribution in [0.5, 0.6) is 5.75 Å². The molecule has 0 fully saturated rings. The summed E-state index contributed by atoms with van der Waals surface area (Å²) in [5.41, 5.74) is 0.755. The number of rotatable bonds is 4. The minimum absolute atomic E-state index is 0.130. The summed E-state index contributed by atoms with van der Waals surface area (Å²) in [6, 6.07) is 7.09. The van der Waals surface area contributed by atoms with Crippen LogP contribution in [0.1, 0.15) is 10.4 Å². The Bertz CT molecular complexity index is 632. The second-order valence-electron chi connectivity index (χ2n) is 3.76. The van der Waals surface area contributed by atoms with Crippen molar-refractivity contribution < 1.29 is 23.4 Å². The van der Waals surface area contributed by atoms with Crippen molar-refractivity contribution in [3.8, 4) is 16.9 Å². The van der Waals surface area contributed by atoms with Crippen LogP contribution in [0.2, 0.25) is 0 Å². The van der Waals surface area contributed by atoms with Crippen molar-refractivity contribution in [3.05, 3.63) is 46.7 Å². The van der Waals surface area contributed by atoms with Crippen LogP contribution in [0.4, 0.5) is 8.78 Å². The molecule has 1 aromatic heterocycles. The first kappa shape index (κ1) is 14.4. The average Bonchev–Trinajstić information content (AvgIpc) is 2.39. The van der Waals surface area contributed by atoms with E-state index in [0.717, 1.165) is 6.07 Å². The third kappa shape index (κ3) is 3.30. The summed E-state index contributed by atoms with van der Waals surface area (Å²) in [6.07, 6.45) is 1.47. The zero-order valence-corrected chi connectivity index (χ0v) is 11.5. The molecule has 0 saturated carbocycles. The van der Waals surface area contributed by atoms with Gasteiger partial charge in [-0.05, 0) is 40.2 Å². The number of alkyl halides is 2. The summed E-state index contributed by atoms with van der Waals surface area (Å²) < 4.78 is 29.8. The van der Waals surface area contributed by atoms with Gasteiger partial charge in [0.25, 0.3) is 0 Å². The molecular weight excluding hydrogens is 336 g/mol. The second-order valence-corrected chi connectivity index (χ2v) is 4.58. The predicted octanol–water partition coefficient (Wildman–Crippen LogP) is 3.81. The fourth-order valence-electron chi connectivity index (χ4n) is 1.62. The number of aromatic nitrogens is 1. The van der Waals surface area contributed by atoms with Crippen molar-refractivity contribution in [2.45, 2.75) is 6.61 Å². The Labute approximate surface area is 121 Å². The van der Waals surface area contributed by atoms with E-state index >= 15 is 0 Å². The molecule has 0 bridgehead atoms. The molecule has 0 spiro atoms. The smallest absolute Gasteiger partial charge is 0.387 e. The van der Waals surface area contributed by atoms with E-state index in [1.807, 2.05) is 0 Å². The topological polar surface area (TPSA) is 59.4 Å². The minimum atomic E-state index is -3.04. The van der Waals surface area contributed by atoms with E-state index in [9.17, 15) is 13.6 Å². The van der Waals surface area contributed by atoms with E-state index in [-0.39, 0.29) is 11.3 Å². The normalized spacial score (nSPS) is 10.6. The maximum atomic E-state index is 12.4. The minimum Gasteiger partial charge on any atom is -0.478 e. The molecule has 0 saturated heterocycles. The summed E-state index contributed by atoms with van der Waals surface area (Å²) in [5, 5.41) is 8.88. The lowest BCUT2D eigenvalue weighted by Gasteiger charge is -2.11. The molecule has 4 nitrogen and oxygen atoms in total. The molecule has 0 unspecified atom stereocenters. The lowest BCUT2D eigenvalue weighted by molar-refractivity contribution is -0.0495. The molecule has 0 radical (unpaired) electrons. The standard InChI is InChI=1S/C13H8BrF2NO3/c14-11-4-2-8(6-17-11)9-3-1-7(12(18)19)5-10(9)20-13(15)16/h1-6,13H,(H,18,19). The molecule has 0 amide bonds. The number of hydrogen-bond donors (Lipinski definition) is 1. The lowest BCUT2D eigenvalue weighted by Crippen LogP contribution is -2.05. The summed E-state index contributed by atoms with van der Waals surface area (Å²) in [7, 11) is 0. The Hall–Kier alpha value is -2.02. The fourth-order valence-corrected chi connectivity index (χ4v) is 1.86. The Morgan fingerprint density at radius 1 is 1.30 bits per heavy atom. The van der Waals surface area contributed by atoms with Crippen LogP contribution in [0.25, 0.3) is 11.1 Å². The number of carbonyl (C=O) groups is 1. The Morgan fingerprint density at radius 2 is 2.05 bits per heavy atom. The van der Waals surface area contributed by atoms with Gasteiger partial charge < -0.3 is 9.84 Å². The van der Waals surface area contributed by atoms with Crippen LogP contribution < -0.4 is 4.74 Å². The maximum Gasteiger partial charge on any atom is 0.387 e. The van der Waals surface area contributed by atoms with E-state index in [0.29, 0.717) is 15.7 Å². The van der Waals surface area contributed by atoms with Crippen molar-refractivity contribution in [3.63, 3.8) is 0 Å². The van der Waals surface area contributed by atoms with Crippen LogP contribution in [-0.4, -0.2) is 22.7 Å². The van der Waals surface area contributed by atoms with Gasteiger partial charge in [-0.25, -0.2) is 9.78 Å². The highest BCUT2D eigenvalue weighted by Gasteiger charge is 2.15. The third-order valence-corrected chi connectivity index (χ3v) is 2.95. The molecule has 0 aliphatic heterocycles. The van der Waals surface area contributed by atoms with Gasteiger partial charge in [-0.15, -0.1) is 0 Å². The highest BCUT2D eigenvalue weighted by molar-refractivity contribution is 9.10. The Morgan fingerprint density at radius 3 is 2.60 bits per heavy atom. The van der Waals surface area contributed by atoms with Gasteiger partial charge in [0, 0.05) is 17.3 Å². The van der Waals surface area contributed by atoms with Gasteiger partial charge in [0.2, 0.25) is 0 Å². The van der Waals surface area contributed by atoms with Crippen molar-refractivity contribution in [2.24, 2.45) is 0 Å². The molecule has 7 heteroatoms. The maximum absolute atomic E-state index is 12.4. The highest BCUT2D eigenvalue weighted by atomic mass is 79.9. The molecule has 0 atom stereocenters. The number of carboxylic acid groups (broad SMARTS) is 1. The van der Waals surface area contributed by atoms with Gasteiger partial charge in [0.15, 0.2) is 0 Å². The lowest BCUT2D eigenvalue weighted by atomic mass is 10.0. The van der Waals surface area contributed by atoms with Gasteiger partial charge in [0.05, 0.1) is 5.56 Å². The highest BCUT2D eigenvalue weighted by Crippen LogP contribution is 2.32. The van der Waals surface area contributed by atoms with Crippen LogP contribution >= 0.6 is 15.9 Å². The van der Waals surface area contributed by atoms with E-state index in [2.05, 4.69) is 25.7 Å².